The number of aryl methyl sites for hydroxylation is 1. The Morgan fingerprint density at radius 3 is 2.52 bits per heavy atom. The molecule has 0 unspecified atom stereocenters. The number of rotatable bonds is 2. The molecule has 3 nitrogen and oxygen atoms in total. The monoisotopic (exact) mass is 374 g/mol. The van der Waals surface area contributed by atoms with Crippen molar-refractivity contribution in [2.45, 2.75) is 6.92 Å². The minimum atomic E-state index is -0.750. The standard InChI is InChI=1S/C14H10BrClF2N2O/c1-7-2-3-8(4-10(7)16)19-14(21)20-13-6-11(17)9(15)5-12(13)18/h2-6H,1H3,(H2,19,20,21). The number of hydrogen-bond donors (Lipinski definition) is 2. The van der Waals surface area contributed by atoms with Crippen LogP contribution in [0.5, 0.6) is 0 Å². The molecule has 2 aromatic carbocycles. The zero-order chi connectivity index (χ0) is 15.6. The van der Waals surface area contributed by atoms with Crippen molar-refractivity contribution in [1.29, 1.82) is 0 Å². The average Bonchev–Trinajstić information content (AvgIpc) is 2.40. The SMILES string of the molecule is Cc1ccc(NC(=O)Nc2cc(F)c(Br)cc2F)cc1Cl. The first-order valence-electron chi connectivity index (χ1n) is 5.85. The number of nitrogens with one attached hydrogen (secondary N) is 2. The molecule has 0 spiro atoms. The van der Waals surface area contributed by atoms with Gasteiger partial charge >= 0.3 is 6.03 Å². The van der Waals surface area contributed by atoms with Crippen molar-refractivity contribution in [2.24, 2.45) is 0 Å². The first kappa shape index (κ1) is 15.7. The van der Waals surface area contributed by atoms with Crippen molar-refractivity contribution in [3.05, 3.63) is 57.0 Å². The fourth-order valence-electron chi connectivity index (χ4n) is 1.57. The number of hydrogen-bond acceptors (Lipinski definition) is 1. The van der Waals surface area contributed by atoms with Gasteiger partial charge in [-0.3, -0.25) is 0 Å². The Balaban J connectivity index is 2.11. The largest absolute Gasteiger partial charge is 0.323 e. The maximum atomic E-state index is 13.6. The van der Waals surface area contributed by atoms with Gasteiger partial charge in [-0.15, -0.1) is 0 Å². The van der Waals surface area contributed by atoms with E-state index in [2.05, 4.69) is 26.6 Å². The third-order valence-corrected chi connectivity index (χ3v) is 3.70. The van der Waals surface area contributed by atoms with Gasteiger partial charge in [0.05, 0.1) is 10.2 Å². The lowest BCUT2D eigenvalue weighted by atomic mass is 10.2. The Kier molecular flexibility index (Phi) is 4.80. The summed E-state index contributed by atoms with van der Waals surface area (Å²) in [5, 5.41) is 5.21. The summed E-state index contributed by atoms with van der Waals surface area (Å²) in [4.78, 5) is 11.8. The quantitative estimate of drug-likeness (QED) is 0.684. The molecule has 0 radical (unpaired) electrons. The Morgan fingerprint density at radius 2 is 1.86 bits per heavy atom. The van der Waals surface area contributed by atoms with Crippen molar-refractivity contribution in [2.75, 3.05) is 10.6 Å². The van der Waals surface area contributed by atoms with E-state index in [1.54, 1.807) is 18.2 Å². The second-order valence-electron chi connectivity index (χ2n) is 4.29. The van der Waals surface area contributed by atoms with Crippen molar-refractivity contribution >= 4 is 44.9 Å². The average molecular weight is 376 g/mol. The molecular weight excluding hydrogens is 366 g/mol. The Bertz CT molecular complexity index is 710. The summed E-state index contributed by atoms with van der Waals surface area (Å²) in [7, 11) is 0. The fraction of sp³-hybridized carbons (Fsp3) is 0.0714. The minimum Gasteiger partial charge on any atom is -0.308 e. The van der Waals surface area contributed by atoms with Gasteiger partial charge in [-0.2, -0.15) is 0 Å². The molecule has 0 aliphatic rings. The molecule has 0 saturated carbocycles. The van der Waals surface area contributed by atoms with Gasteiger partial charge in [0, 0.05) is 16.8 Å². The van der Waals surface area contributed by atoms with Gasteiger partial charge in [-0.05, 0) is 46.6 Å². The highest BCUT2D eigenvalue weighted by atomic mass is 79.9. The van der Waals surface area contributed by atoms with E-state index in [0.29, 0.717) is 10.7 Å². The summed E-state index contributed by atoms with van der Waals surface area (Å²) in [6.45, 7) is 1.83. The zero-order valence-corrected chi connectivity index (χ0v) is 13.1. The van der Waals surface area contributed by atoms with Crippen molar-refractivity contribution in [3.8, 4) is 0 Å². The van der Waals surface area contributed by atoms with Gasteiger partial charge in [0.2, 0.25) is 0 Å². The molecule has 2 amide bonds. The highest BCUT2D eigenvalue weighted by Crippen LogP contribution is 2.24. The van der Waals surface area contributed by atoms with E-state index in [1.165, 1.54) is 0 Å². The highest BCUT2D eigenvalue weighted by Gasteiger charge is 2.11. The van der Waals surface area contributed by atoms with Crippen LogP contribution in [-0.4, -0.2) is 6.03 Å². The minimum absolute atomic E-state index is 0.0173. The first-order valence-corrected chi connectivity index (χ1v) is 7.02. The number of halogens is 4. The molecule has 0 bridgehead atoms. The van der Waals surface area contributed by atoms with E-state index >= 15 is 0 Å². The van der Waals surface area contributed by atoms with E-state index in [0.717, 1.165) is 17.7 Å². The topological polar surface area (TPSA) is 41.1 Å². The third-order valence-electron chi connectivity index (χ3n) is 2.69. The van der Waals surface area contributed by atoms with Gasteiger partial charge in [0.15, 0.2) is 0 Å². The predicted molar refractivity (Wildman–Crippen MR) is 82.9 cm³/mol. The number of carbonyl (C=O) groups is 1. The van der Waals surface area contributed by atoms with E-state index < -0.39 is 17.7 Å². The number of amides is 2. The van der Waals surface area contributed by atoms with Gasteiger partial charge in [-0.25, -0.2) is 13.6 Å². The second kappa shape index (κ2) is 6.41. The molecule has 7 heteroatoms. The molecule has 0 heterocycles. The van der Waals surface area contributed by atoms with Crippen LogP contribution < -0.4 is 10.6 Å². The molecule has 0 aliphatic heterocycles. The van der Waals surface area contributed by atoms with Gasteiger partial charge in [-0.1, -0.05) is 17.7 Å². The molecule has 0 fully saturated rings. The molecule has 0 saturated heterocycles. The summed E-state index contributed by atoms with van der Waals surface area (Å²) in [6.07, 6.45) is 0. The van der Waals surface area contributed by atoms with Crippen molar-refractivity contribution in [3.63, 3.8) is 0 Å². The molecule has 2 rings (SSSR count). The third kappa shape index (κ3) is 3.92. The van der Waals surface area contributed by atoms with Crippen LogP contribution in [0.3, 0.4) is 0 Å². The van der Waals surface area contributed by atoms with Crippen LogP contribution in [0.25, 0.3) is 0 Å². The Morgan fingerprint density at radius 1 is 1.14 bits per heavy atom. The number of urea groups is 1. The predicted octanol–water partition coefficient (Wildman–Crippen LogP) is 5.33. The van der Waals surface area contributed by atoms with E-state index in [9.17, 15) is 13.6 Å². The fourth-order valence-corrected chi connectivity index (χ4v) is 2.07. The lowest BCUT2D eigenvalue weighted by Crippen LogP contribution is -2.20. The maximum absolute atomic E-state index is 13.6. The lowest BCUT2D eigenvalue weighted by Gasteiger charge is -2.10. The summed E-state index contributed by atoms with van der Waals surface area (Å²) < 4.78 is 26.9. The normalized spacial score (nSPS) is 10.3. The van der Waals surface area contributed by atoms with Gasteiger partial charge in [0.25, 0.3) is 0 Å². The van der Waals surface area contributed by atoms with Crippen LogP contribution in [0.4, 0.5) is 25.0 Å². The second-order valence-corrected chi connectivity index (χ2v) is 5.55. The van der Waals surface area contributed by atoms with Crippen molar-refractivity contribution < 1.29 is 13.6 Å². The van der Waals surface area contributed by atoms with E-state index in [1.807, 2.05) is 6.92 Å². The molecular formula is C14H10BrClF2N2O. The molecule has 0 aliphatic carbocycles. The van der Waals surface area contributed by atoms with Gasteiger partial charge in [0.1, 0.15) is 11.6 Å². The zero-order valence-electron chi connectivity index (χ0n) is 10.8. The van der Waals surface area contributed by atoms with Crippen LogP contribution in [0.2, 0.25) is 5.02 Å². The summed E-state index contributed by atoms with van der Waals surface area (Å²) in [5.74, 6) is -1.43. The Labute approximate surface area is 133 Å². The van der Waals surface area contributed by atoms with Crippen LogP contribution in [0, 0.1) is 18.6 Å². The van der Waals surface area contributed by atoms with E-state index in [4.69, 9.17) is 11.6 Å². The number of benzene rings is 2. The Hall–Kier alpha value is -1.66. The maximum Gasteiger partial charge on any atom is 0.323 e. The lowest BCUT2D eigenvalue weighted by molar-refractivity contribution is 0.262. The highest BCUT2D eigenvalue weighted by molar-refractivity contribution is 9.10. The van der Waals surface area contributed by atoms with E-state index in [-0.39, 0.29) is 10.2 Å². The molecule has 2 aromatic rings. The molecule has 21 heavy (non-hydrogen) atoms. The molecule has 0 atom stereocenters. The van der Waals surface area contributed by atoms with Crippen molar-refractivity contribution in [1.82, 2.24) is 0 Å². The summed E-state index contributed by atoms with van der Waals surface area (Å²) in [6, 6.07) is 6.08. The molecule has 2 N–H and O–H groups in total. The number of carbonyl (C=O) groups excluding carboxylic acids is 1. The van der Waals surface area contributed by atoms with Crippen LogP contribution >= 0.6 is 27.5 Å². The van der Waals surface area contributed by atoms with Gasteiger partial charge < -0.3 is 10.6 Å². The van der Waals surface area contributed by atoms with Crippen LogP contribution in [-0.2, 0) is 0 Å². The van der Waals surface area contributed by atoms with Crippen LogP contribution in [0.1, 0.15) is 5.56 Å². The first-order chi connectivity index (χ1) is 9.86. The summed E-state index contributed by atoms with van der Waals surface area (Å²) in [5.41, 5.74) is 1.05. The van der Waals surface area contributed by atoms with Crippen LogP contribution in [0.15, 0.2) is 34.8 Å². The molecule has 110 valence electrons. The smallest absolute Gasteiger partial charge is 0.308 e. The number of anilines is 2. The molecule has 0 aromatic heterocycles. The summed E-state index contributed by atoms with van der Waals surface area (Å²) >= 11 is 8.79.